The van der Waals surface area contributed by atoms with Gasteiger partial charge in [0.2, 0.25) is 5.91 Å². The summed E-state index contributed by atoms with van der Waals surface area (Å²) in [6, 6.07) is 1.80. The van der Waals surface area contributed by atoms with Crippen LogP contribution in [0.4, 0.5) is 0 Å². The lowest BCUT2D eigenvalue weighted by Gasteiger charge is -2.39. The molecule has 16 heteroatoms. The van der Waals surface area contributed by atoms with Crippen LogP contribution in [0.25, 0.3) is 0 Å². The summed E-state index contributed by atoms with van der Waals surface area (Å²) in [4.78, 5) is 45.9. The molecule has 3 aliphatic rings. The van der Waals surface area contributed by atoms with E-state index in [0.717, 1.165) is 37.1 Å². The number of allylic oxidation sites excluding steroid dienone is 1. The molecule has 0 aliphatic carbocycles. The summed E-state index contributed by atoms with van der Waals surface area (Å²) in [5.41, 5.74) is -0.744. The third kappa shape index (κ3) is 10.9. The molecule has 3 heterocycles. The van der Waals surface area contributed by atoms with Gasteiger partial charge in [-0.1, -0.05) is 23.4 Å². The topological polar surface area (TPSA) is 228 Å². The minimum Gasteiger partial charge on any atom is -0.508 e. The second-order valence-electron chi connectivity index (χ2n) is 12.2. The largest absolute Gasteiger partial charge is 0.508 e. The lowest BCUT2D eigenvalue weighted by Crippen LogP contribution is -2.57. The highest BCUT2D eigenvalue weighted by atomic mass is 32.2. The molecular weight excluding hydrogens is 662 g/mol. The first-order chi connectivity index (χ1) is 23.5. The molecule has 4 rings (SSSR count). The number of phenols is 2. The zero-order valence-electron chi connectivity index (χ0n) is 27.2. The Kier molecular flexibility index (Phi) is 14.3. The molecule has 2 fully saturated rings. The number of piperidine rings is 1. The molecule has 2 amide bonds. The molecule has 0 saturated carbocycles. The molecule has 1 aromatic carbocycles. The monoisotopic (exact) mass is 707 g/mol. The summed E-state index contributed by atoms with van der Waals surface area (Å²) in [6.07, 6.45) is 3.85. The van der Waals surface area contributed by atoms with Crippen LogP contribution >= 0.6 is 11.8 Å². The molecule has 0 bridgehead atoms. The van der Waals surface area contributed by atoms with Gasteiger partial charge in [0, 0.05) is 32.0 Å². The number of esters is 1. The number of amides is 2. The predicted molar refractivity (Wildman–Crippen MR) is 178 cm³/mol. The summed E-state index contributed by atoms with van der Waals surface area (Å²) in [5.74, 6) is -2.39. The summed E-state index contributed by atoms with van der Waals surface area (Å²) in [5, 5.41) is 67.6. The molecule has 7 atom stereocenters. The van der Waals surface area contributed by atoms with Crippen molar-refractivity contribution in [2.24, 2.45) is 5.16 Å². The molecule has 2 saturated heterocycles. The van der Waals surface area contributed by atoms with Gasteiger partial charge in [-0.2, -0.15) is 0 Å². The van der Waals surface area contributed by atoms with Gasteiger partial charge in [-0.3, -0.25) is 9.59 Å². The number of hydrogen-bond acceptors (Lipinski definition) is 14. The molecule has 0 spiro atoms. The van der Waals surface area contributed by atoms with Gasteiger partial charge in [0.1, 0.15) is 53.0 Å². The Hall–Kier alpha value is -3.67. The number of fused-ring (bicyclic) bond motifs is 1. The number of likely N-dealkylation sites (tertiary alicyclic amines) is 1. The fourth-order valence-electron chi connectivity index (χ4n) is 5.64. The minimum atomic E-state index is -1.56. The van der Waals surface area contributed by atoms with E-state index >= 15 is 0 Å². The molecule has 2 unspecified atom stereocenters. The summed E-state index contributed by atoms with van der Waals surface area (Å²) in [6.45, 7) is 2.07. The summed E-state index contributed by atoms with van der Waals surface area (Å²) < 4.78 is 11.0. The maximum absolute atomic E-state index is 13.2. The quantitative estimate of drug-likeness (QED) is 0.111. The zero-order valence-corrected chi connectivity index (χ0v) is 28.0. The molecule has 1 aromatic rings. The molecule has 0 radical (unpaired) electrons. The van der Waals surface area contributed by atoms with E-state index in [1.54, 1.807) is 36.1 Å². The van der Waals surface area contributed by atoms with Crippen LogP contribution < -0.4 is 5.32 Å². The Labute approximate surface area is 288 Å². The van der Waals surface area contributed by atoms with E-state index in [9.17, 15) is 45.0 Å². The van der Waals surface area contributed by atoms with Crippen LogP contribution in [-0.2, 0) is 30.3 Å². The van der Waals surface area contributed by atoms with Crippen LogP contribution in [-0.4, -0.2) is 133 Å². The average molecular weight is 708 g/mol. The van der Waals surface area contributed by atoms with Crippen LogP contribution in [0, 0.1) is 0 Å². The number of carbonyl (C=O) groups excluding carboxylic acids is 3. The van der Waals surface area contributed by atoms with Crippen LogP contribution in [0.5, 0.6) is 11.5 Å². The van der Waals surface area contributed by atoms with Gasteiger partial charge in [-0.25, -0.2) is 4.79 Å². The lowest BCUT2D eigenvalue weighted by molar-refractivity contribution is -0.205. The fraction of sp³-hybridized carbons (Fsp3) is 0.576. The zero-order chi connectivity index (χ0) is 35.5. The van der Waals surface area contributed by atoms with Gasteiger partial charge in [-0.05, 0) is 50.3 Å². The highest BCUT2D eigenvalue weighted by molar-refractivity contribution is 8.00. The van der Waals surface area contributed by atoms with Crippen molar-refractivity contribution in [2.45, 2.75) is 87.4 Å². The normalized spacial score (nSPS) is 29.1. The Bertz CT molecular complexity index is 1400. The summed E-state index contributed by atoms with van der Waals surface area (Å²) >= 11 is 0.900. The Morgan fingerprint density at radius 2 is 1.82 bits per heavy atom. The second-order valence-corrected chi connectivity index (χ2v) is 13.3. The Balaban J connectivity index is 1.50. The maximum atomic E-state index is 13.2. The number of ether oxygens (including phenoxy) is 2. The molecule has 3 aliphatic heterocycles. The van der Waals surface area contributed by atoms with Crippen LogP contribution in [0.3, 0.4) is 0 Å². The number of phenolic OH excluding ortho intramolecular Hbond substituents is 2. The van der Waals surface area contributed by atoms with E-state index in [1.807, 2.05) is 0 Å². The first kappa shape index (κ1) is 38.1. The number of oxime groups is 1. The minimum absolute atomic E-state index is 0.0855. The van der Waals surface area contributed by atoms with Gasteiger partial charge < -0.3 is 55.2 Å². The van der Waals surface area contributed by atoms with E-state index in [0.29, 0.717) is 13.1 Å². The first-order valence-corrected chi connectivity index (χ1v) is 17.3. The van der Waals surface area contributed by atoms with E-state index in [2.05, 4.69) is 10.5 Å². The molecule has 49 heavy (non-hydrogen) atoms. The lowest BCUT2D eigenvalue weighted by atomic mass is 9.99. The van der Waals surface area contributed by atoms with Crippen molar-refractivity contribution >= 4 is 35.3 Å². The molecular formula is C33H45N3O12S. The van der Waals surface area contributed by atoms with Crippen molar-refractivity contribution in [1.29, 1.82) is 0 Å². The predicted octanol–water partition coefficient (Wildman–Crippen LogP) is 0.495. The number of thioether (sulfide) groups is 1. The standard InChI is InChI=1S/C33H45N3O12S/c1-19-7-5-8-21(34-26(40)18-49-33-31(44)30(43)29(42)25(16-37)48-33)9-6-10-22(35-46-17-27(41)36-11-3-2-4-12-36)13-20-14-23(38)15-24(39)28(20)32(45)47-19/h5-6,8,10,14-15,19,21,25,29-31,33,37-39,42-44H,2-4,7,9,11-13,16-18H2,1H3,(H,34,40)/t19-,21-,25?,29-,30+,31?,33+/m1/s1. The Morgan fingerprint density at radius 1 is 1.06 bits per heavy atom. The third-order valence-corrected chi connectivity index (χ3v) is 9.40. The van der Waals surface area contributed by atoms with Crippen molar-refractivity contribution in [1.82, 2.24) is 10.2 Å². The fourth-order valence-corrected chi connectivity index (χ4v) is 6.62. The number of aliphatic hydroxyl groups excluding tert-OH is 4. The second kappa shape index (κ2) is 18.4. The van der Waals surface area contributed by atoms with Crippen LogP contribution in [0.1, 0.15) is 54.9 Å². The van der Waals surface area contributed by atoms with Crippen molar-refractivity contribution in [2.75, 3.05) is 32.1 Å². The van der Waals surface area contributed by atoms with Crippen molar-refractivity contribution in [3.63, 3.8) is 0 Å². The van der Waals surface area contributed by atoms with E-state index in [-0.39, 0.29) is 60.1 Å². The molecule has 7 N–H and O–H groups in total. The first-order valence-electron chi connectivity index (χ1n) is 16.2. The highest BCUT2D eigenvalue weighted by Crippen LogP contribution is 2.30. The number of hydrogen-bond donors (Lipinski definition) is 7. The molecule has 0 aromatic heterocycles. The number of aromatic hydroxyl groups is 2. The van der Waals surface area contributed by atoms with Gasteiger partial charge in [0.05, 0.1) is 24.1 Å². The number of cyclic esters (lactones) is 1. The number of benzene rings is 1. The van der Waals surface area contributed by atoms with Crippen molar-refractivity contribution in [3.8, 4) is 11.5 Å². The number of carbonyl (C=O) groups is 3. The molecule has 15 nitrogen and oxygen atoms in total. The van der Waals surface area contributed by atoms with Crippen LogP contribution in [0.15, 0.2) is 41.6 Å². The van der Waals surface area contributed by atoms with E-state index in [4.69, 9.17) is 14.3 Å². The number of rotatable bonds is 8. The number of nitrogens with zero attached hydrogens (tertiary/aromatic N) is 2. The van der Waals surface area contributed by atoms with E-state index in [1.165, 1.54) is 6.07 Å². The Morgan fingerprint density at radius 3 is 2.55 bits per heavy atom. The van der Waals surface area contributed by atoms with Gasteiger partial charge >= 0.3 is 5.97 Å². The van der Waals surface area contributed by atoms with E-state index < -0.39 is 66.2 Å². The van der Waals surface area contributed by atoms with Gasteiger partial charge in [0.15, 0.2) is 6.61 Å². The van der Waals surface area contributed by atoms with Crippen molar-refractivity contribution in [3.05, 3.63) is 47.6 Å². The van der Waals surface area contributed by atoms with Gasteiger partial charge in [0.25, 0.3) is 5.91 Å². The number of aliphatic hydroxyl groups is 4. The SMILES string of the molecule is C[C@@H]1CC=C[C@@H](NC(=O)CS[C@@H]2OC(CO)[C@@H](O)[C@H](O)C2O)CC=CC(=NOCC(=O)N2CCCCC2)Cc2cc(O)cc(O)c2C(=O)O1. The average Bonchev–Trinajstić information content (AvgIpc) is 3.06. The molecule has 270 valence electrons. The summed E-state index contributed by atoms with van der Waals surface area (Å²) in [7, 11) is 0. The maximum Gasteiger partial charge on any atom is 0.342 e. The van der Waals surface area contributed by atoms with Gasteiger partial charge in [-0.15, -0.1) is 11.8 Å². The van der Waals surface area contributed by atoms with Crippen LogP contribution in [0.2, 0.25) is 0 Å². The smallest absolute Gasteiger partial charge is 0.342 e. The number of nitrogens with one attached hydrogen (secondary N) is 1. The van der Waals surface area contributed by atoms with Crippen molar-refractivity contribution < 1.29 is 59.3 Å². The third-order valence-electron chi connectivity index (χ3n) is 8.26. The highest BCUT2D eigenvalue weighted by Gasteiger charge is 2.43.